The van der Waals surface area contributed by atoms with Crippen LogP contribution in [-0.2, 0) is 11.2 Å². The number of aromatic nitrogens is 2. The molecule has 0 aliphatic heterocycles. The van der Waals surface area contributed by atoms with Crippen LogP contribution < -0.4 is 0 Å². The van der Waals surface area contributed by atoms with Gasteiger partial charge in [-0.05, 0) is 11.8 Å². The van der Waals surface area contributed by atoms with Crippen molar-refractivity contribution in [3.05, 3.63) is 23.5 Å². The Bertz CT molecular complexity index is 484. The molecule has 0 radical (unpaired) electrons. The average molecular weight is 238 g/mol. The Morgan fingerprint density at radius 2 is 2.38 bits per heavy atom. The number of rotatable bonds is 4. The maximum absolute atomic E-state index is 10.7. The van der Waals surface area contributed by atoms with E-state index in [1.54, 1.807) is 11.3 Å². The molecule has 2 aromatic heterocycles. The first-order valence-electron chi connectivity index (χ1n) is 5.09. The Kier molecular flexibility index (Phi) is 2.71. The predicted molar refractivity (Wildman–Crippen MR) is 62.8 cm³/mol. The molecule has 0 saturated carbocycles. The van der Waals surface area contributed by atoms with Gasteiger partial charge < -0.3 is 5.11 Å². The molecule has 86 valence electrons. The fraction of sp³-hybridized carbons (Fsp3) is 0.455. The highest BCUT2D eigenvalue weighted by Crippen LogP contribution is 2.26. The van der Waals surface area contributed by atoms with Crippen LogP contribution in [0.3, 0.4) is 0 Å². The van der Waals surface area contributed by atoms with Gasteiger partial charge in [0.25, 0.3) is 0 Å². The van der Waals surface area contributed by atoms with E-state index in [1.807, 2.05) is 36.0 Å². The van der Waals surface area contributed by atoms with Crippen LogP contribution in [0.4, 0.5) is 0 Å². The van der Waals surface area contributed by atoms with E-state index in [0.717, 1.165) is 10.7 Å². The smallest absolute Gasteiger partial charge is 0.303 e. The zero-order valence-corrected chi connectivity index (χ0v) is 10.1. The molecule has 1 N–H and O–H groups in total. The van der Waals surface area contributed by atoms with Gasteiger partial charge in [0.1, 0.15) is 0 Å². The third kappa shape index (κ3) is 2.41. The van der Waals surface area contributed by atoms with Crippen molar-refractivity contribution in [2.24, 2.45) is 5.41 Å². The van der Waals surface area contributed by atoms with Crippen molar-refractivity contribution in [1.29, 1.82) is 0 Å². The summed E-state index contributed by atoms with van der Waals surface area (Å²) < 4.78 is 1.97. The van der Waals surface area contributed by atoms with Crippen LogP contribution in [0, 0.1) is 5.41 Å². The molecule has 0 aliphatic carbocycles. The number of carboxylic acid groups (broad SMARTS) is 1. The minimum atomic E-state index is -0.758. The standard InChI is InChI=1S/C11H14N2O2S/c1-11(2,6-9(14)15)5-8-7-13-3-4-16-10(13)12-8/h3-4,7H,5-6H2,1-2H3,(H,14,15). The van der Waals surface area contributed by atoms with Gasteiger partial charge in [0.2, 0.25) is 0 Å². The van der Waals surface area contributed by atoms with Crippen molar-refractivity contribution < 1.29 is 9.90 Å². The van der Waals surface area contributed by atoms with E-state index in [-0.39, 0.29) is 11.8 Å². The minimum absolute atomic E-state index is 0.165. The van der Waals surface area contributed by atoms with Crippen LogP contribution in [0.1, 0.15) is 26.0 Å². The van der Waals surface area contributed by atoms with Crippen LogP contribution in [-0.4, -0.2) is 20.5 Å². The molecule has 0 aromatic carbocycles. The predicted octanol–water partition coefficient (Wildman–Crippen LogP) is 2.44. The molecule has 2 aromatic rings. The fourth-order valence-corrected chi connectivity index (χ4v) is 2.54. The van der Waals surface area contributed by atoms with E-state index < -0.39 is 5.97 Å². The molecule has 16 heavy (non-hydrogen) atoms. The molecule has 0 fully saturated rings. The maximum Gasteiger partial charge on any atom is 0.303 e. The molecule has 0 aliphatic rings. The van der Waals surface area contributed by atoms with Crippen molar-refractivity contribution in [2.45, 2.75) is 26.7 Å². The minimum Gasteiger partial charge on any atom is -0.481 e. The summed E-state index contributed by atoms with van der Waals surface area (Å²) in [5.74, 6) is -0.758. The van der Waals surface area contributed by atoms with E-state index in [1.165, 1.54) is 0 Å². The highest BCUT2D eigenvalue weighted by molar-refractivity contribution is 7.15. The van der Waals surface area contributed by atoms with Crippen molar-refractivity contribution in [2.75, 3.05) is 0 Å². The van der Waals surface area contributed by atoms with Gasteiger partial charge in [-0.1, -0.05) is 13.8 Å². The van der Waals surface area contributed by atoms with E-state index in [0.29, 0.717) is 6.42 Å². The fourth-order valence-electron chi connectivity index (χ4n) is 1.82. The third-order valence-electron chi connectivity index (χ3n) is 2.43. The van der Waals surface area contributed by atoms with Crippen LogP contribution in [0.2, 0.25) is 0 Å². The Morgan fingerprint density at radius 1 is 1.62 bits per heavy atom. The lowest BCUT2D eigenvalue weighted by atomic mass is 9.84. The van der Waals surface area contributed by atoms with Crippen LogP contribution in [0.5, 0.6) is 0 Å². The number of nitrogens with zero attached hydrogens (tertiary/aromatic N) is 2. The number of imidazole rings is 1. The third-order valence-corrected chi connectivity index (χ3v) is 3.20. The number of fused-ring (bicyclic) bond motifs is 1. The summed E-state index contributed by atoms with van der Waals surface area (Å²) in [4.78, 5) is 16.1. The second-order valence-corrected chi connectivity index (χ2v) is 5.61. The monoisotopic (exact) mass is 238 g/mol. The number of carboxylic acids is 1. The Hall–Kier alpha value is -1.36. The summed E-state index contributed by atoms with van der Waals surface area (Å²) in [6, 6.07) is 0. The average Bonchev–Trinajstić information content (AvgIpc) is 2.58. The van der Waals surface area contributed by atoms with Crippen LogP contribution >= 0.6 is 11.3 Å². The molecule has 2 rings (SSSR count). The molecule has 4 nitrogen and oxygen atoms in total. The van der Waals surface area contributed by atoms with E-state index in [2.05, 4.69) is 4.98 Å². The van der Waals surface area contributed by atoms with Crippen molar-refractivity contribution in [3.8, 4) is 0 Å². The Labute approximate surface area is 97.6 Å². The van der Waals surface area contributed by atoms with Crippen molar-refractivity contribution in [3.63, 3.8) is 0 Å². The normalized spacial score (nSPS) is 12.1. The second-order valence-electron chi connectivity index (χ2n) is 4.74. The summed E-state index contributed by atoms with van der Waals surface area (Å²) in [6.07, 6.45) is 4.78. The Balaban J connectivity index is 2.14. The topological polar surface area (TPSA) is 54.6 Å². The zero-order chi connectivity index (χ0) is 11.8. The lowest BCUT2D eigenvalue weighted by Gasteiger charge is -2.20. The highest BCUT2D eigenvalue weighted by atomic mass is 32.1. The van der Waals surface area contributed by atoms with Gasteiger partial charge in [0.05, 0.1) is 12.1 Å². The van der Waals surface area contributed by atoms with Crippen LogP contribution in [0.15, 0.2) is 17.8 Å². The molecule has 0 atom stereocenters. The van der Waals surface area contributed by atoms with E-state index in [9.17, 15) is 4.79 Å². The van der Waals surface area contributed by atoms with Gasteiger partial charge in [0.15, 0.2) is 4.96 Å². The summed E-state index contributed by atoms with van der Waals surface area (Å²) in [6.45, 7) is 3.91. The van der Waals surface area contributed by atoms with Gasteiger partial charge in [0, 0.05) is 17.8 Å². The van der Waals surface area contributed by atoms with Crippen molar-refractivity contribution >= 4 is 22.3 Å². The molecule has 5 heteroatoms. The lowest BCUT2D eigenvalue weighted by Crippen LogP contribution is -2.19. The first kappa shape index (κ1) is 11.1. The first-order chi connectivity index (χ1) is 7.46. The van der Waals surface area contributed by atoms with Gasteiger partial charge >= 0.3 is 5.97 Å². The largest absolute Gasteiger partial charge is 0.481 e. The lowest BCUT2D eigenvalue weighted by molar-refractivity contribution is -0.139. The number of aliphatic carboxylic acids is 1. The van der Waals surface area contributed by atoms with Crippen LogP contribution in [0.25, 0.3) is 4.96 Å². The van der Waals surface area contributed by atoms with Gasteiger partial charge in [-0.3, -0.25) is 9.20 Å². The zero-order valence-electron chi connectivity index (χ0n) is 9.30. The number of hydrogen-bond acceptors (Lipinski definition) is 3. The van der Waals surface area contributed by atoms with Crippen molar-refractivity contribution in [1.82, 2.24) is 9.38 Å². The number of carbonyl (C=O) groups is 1. The summed E-state index contributed by atoms with van der Waals surface area (Å²) >= 11 is 1.58. The van der Waals surface area contributed by atoms with Gasteiger partial charge in [-0.2, -0.15) is 0 Å². The van der Waals surface area contributed by atoms with E-state index in [4.69, 9.17) is 5.11 Å². The SMILES string of the molecule is CC(C)(CC(=O)O)Cc1cn2ccsc2n1. The molecule has 0 spiro atoms. The molecular weight excluding hydrogens is 224 g/mol. The molecule has 0 amide bonds. The molecule has 2 heterocycles. The Morgan fingerprint density at radius 3 is 3.00 bits per heavy atom. The molecule has 0 unspecified atom stereocenters. The second kappa shape index (κ2) is 3.90. The number of hydrogen-bond donors (Lipinski definition) is 1. The number of thiazole rings is 1. The summed E-state index contributed by atoms with van der Waals surface area (Å²) in [5, 5.41) is 10.8. The maximum atomic E-state index is 10.7. The van der Waals surface area contributed by atoms with Gasteiger partial charge in [-0.25, -0.2) is 4.98 Å². The highest BCUT2D eigenvalue weighted by Gasteiger charge is 2.23. The quantitative estimate of drug-likeness (QED) is 0.890. The van der Waals surface area contributed by atoms with E-state index >= 15 is 0 Å². The summed E-state index contributed by atoms with van der Waals surface area (Å²) in [5.41, 5.74) is 0.702. The molecule has 0 saturated heterocycles. The molecule has 0 bridgehead atoms. The van der Waals surface area contributed by atoms with Gasteiger partial charge in [-0.15, -0.1) is 11.3 Å². The first-order valence-corrected chi connectivity index (χ1v) is 5.97. The molecular formula is C11H14N2O2S. The summed E-state index contributed by atoms with van der Waals surface area (Å²) in [7, 11) is 0.